The van der Waals surface area contributed by atoms with Crippen molar-refractivity contribution in [2.24, 2.45) is 0 Å². The Morgan fingerprint density at radius 1 is 0.958 bits per heavy atom. The highest BCUT2D eigenvalue weighted by molar-refractivity contribution is 6.32. The van der Waals surface area contributed by atoms with Crippen molar-refractivity contribution in [2.75, 3.05) is 39.3 Å². The molecular formula is C19H21ClN2O2. The van der Waals surface area contributed by atoms with Crippen LogP contribution in [0, 0.1) is 0 Å². The predicted octanol–water partition coefficient (Wildman–Crippen LogP) is 3.18. The number of halogens is 1. The quantitative estimate of drug-likeness (QED) is 0.835. The number of para-hydroxylation sites is 1. The minimum Gasteiger partial charge on any atom is -0.491 e. The van der Waals surface area contributed by atoms with E-state index in [-0.39, 0.29) is 5.91 Å². The van der Waals surface area contributed by atoms with Crippen LogP contribution in [0.5, 0.6) is 5.75 Å². The highest BCUT2D eigenvalue weighted by atomic mass is 35.5. The molecular weight excluding hydrogens is 324 g/mol. The fourth-order valence-corrected chi connectivity index (χ4v) is 2.97. The van der Waals surface area contributed by atoms with Gasteiger partial charge in [-0.05, 0) is 24.3 Å². The zero-order chi connectivity index (χ0) is 16.8. The molecule has 1 aliphatic heterocycles. The molecule has 0 bridgehead atoms. The van der Waals surface area contributed by atoms with Crippen LogP contribution in [-0.4, -0.2) is 55.0 Å². The van der Waals surface area contributed by atoms with Gasteiger partial charge in [-0.2, -0.15) is 0 Å². The van der Waals surface area contributed by atoms with Crippen LogP contribution in [0.3, 0.4) is 0 Å². The highest BCUT2D eigenvalue weighted by Gasteiger charge is 2.21. The summed E-state index contributed by atoms with van der Waals surface area (Å²) in [6.45, 7) is 4.66. The summed E-state index contributed by atoms with van der Waals surface area (Å²) in [6, 6.07) is 17.0. The summed E-state index contributed by atoms with van der Waals surface area (Å²) in [7, 11) is 0. The minimum atomic E-state index is 0.113. The zero-order valence-electron chi connectivity index (χ0n) is 13.5. The van der Waals surface area contributed by atoms with Gasteiger partial charge in [0.25, 0.3) is 5.91 Å². The summed E-state index contributed by atoms with van der Waals surface area (Å²) in [6.07, 6.45) is 0. The van der Waals surface area contributed by atoms with Gasteiger partial charge < -0.3 is 9.64 Å². The molecule has 1 aliphatic rings. The first-order chi connectivity index (χ1) is 11.7. The average molecular weight is 345 g/mol. The zero-order valence-corrected chi connectivity index (χ0v) is 14.3. The van der Waals surface area contributed by atoms with E-state index >= 15 is 0 Å². The van der Waals surface area contributed by atoms with Gasteiger partial charge in [0.1, 0.15) is 12.4 Å². The van der Waals surface area contributed by atoms with Crippen LogP contribution < -0.4 is 4.74 Å². The third kappa shape index (κ3) is 4.28. The molecule has 1 saturated heterocycles. The molecule has 2 aromatic carbocycles. The molecule has 24 heavy (non-hydrogen) atoms. The molecule has 2 aromatic rings. The molecule has 0 aliphatic carbocycles. The third-order valence-electron chi connectivity index (χ3n) is 4.18. The summed E-state index contributed by atoms with van der Waals surface area (Å²) < 4.78 is 5.73. The van der Waals surface area contributed by atoms with Crippen molar-refractivity contribution in [1.82, 2.24) is 9.80 Å². The number of hydrogen-bond acceptors (Lipinski definition) is 3. The van der Waals surface area contributed by atoms with Gasteiger partial charge in [0.2, 0.25) is 0 Å². The van der Waals surface area contributed by atoms with Gasteiger partial charge in [-0.25, -0.2) is 0 Å². The molecule has 1 heterocycles. The van der Waals surface area contributed by atoms with Gasteiger partial charge in [-0.15, -0.1) is 0 Å². The summed E-state index contributed by atoms with van der Waals surface area (Å²) in [4.78, 5) is 16.6. The van der Waals surface area contributed by atoms with E-state index in [1.165, 1.54) is 0 Å². The standard InChI is InChI=1S/C19H21ClN2O2/c20-17-8-4-5-9-18(17)24-15-14-21-10-12-22(13-11-21)19(23)16-6-2-1-3-7-16/h1-9H,10-15H2. The topological polar surface area (TPSA) is 32.8 Å². The van der Waals surface area contributed by atoms with E-state index in [4.69, 9.17) is 16.3 Å². The molecule has 0 atom stereocenters. The van der Waals surface area contributed by atoms with E-state index in [1.807, 2.05) is 59.5 Å². The van der Waals surface area contributed by atoms with Crippen LogP contribution in [0.4, 0.5) is 0 Å². The lowest BCUT2D eigenvalue weighted by Crippen LogP contribution is -2.49. The average Bonchev–Trinajstić information content (AvgIpc) is 2.64. The Bertz CT molecular complexity index is 670. The van der Waals surface area contributed by atoms with Crippen LogP contribution >= 0.6 is 11.6 Å². The lowest BCUT2D eigenvalue weighted by molar-refractivity contribution is 0.0620. The van der Waals surface area contributed by atoms with Gasteiger partial charge in [0.05, 0.1) is 5.02 Å². The Balaban J connectivity index is 1.42. The Labute approximate surface area is 147 Å². The van der Waals surface area contributed by atoms with Crippen LogP contribution in [0.1, 0.15) is 10.4 Å². The second-order valence-corrected chi connectivity index (χ2v) is 6.19. The monoisotopic (exact) mass is 344 g/mol. The lowest BCUT2D eigenvalue weighted by Gasteiger charge is -2.34. The fraction of sp³-hybridized carbons (Fsp3) is 0.316. The van der Waals surface area contributed by atoms with E-state index < -0.39 is 0 Å². The SMILES string of the molecule is O=C(c1ccccc1)N1CCN(CCOc2ccccc2Cl)CC1. The van der Waals surface area contributed by atoms with Gasteiger partial charge >= 0.3 is 0 Å². The van der Waals surface area contributed by atoms with E-state index in [1.54, 1.807) is 0 Å². The molecule has 0 aromatic heterocycles. The number of benzene rings is 2. The first kappa shape index (κ1) is 16.8. The minimum absolute atomic E-state index is 0.113. The van der Waals surface area contributed by atoms with Gasteiger partial charge in [0, 0.05) is 38.3 Å². The second-order valence-electron chi connectivity index (χ2n) is 5.78. The molecule has 0 spiro atoms. The van der Waals surface area contributed by atoms with E-state index in [2.05, 4.69) is 4.90 Å². The van der Waals surface area contributed by atoms with Crippen molar-refractivity contribution in [1.29, 1.82) is 0 Å². The summed E-state index contributed by atoms with van der Waals surface area (Å²) >= 11 is 6.08. The maximum Gasteiger partial charge on any atom is 0.253 e. The van der Waals surface area contributed by atoms with Crippen LogP contribution in [0.2, 0.25) is 5.02 Å². The first-order valence-corrected chi connectivity index (χ1v) is 8.56. The number of hydrogen-bond donors (Lipinski definition) is 0. The van der Waals surface area contributed by atoms with Gasteiger partial charge in [-0.3, -0.25) is 9.69 Å². The highest BCUT2D eigenvalue weighted by Crippen LogP contribution is 2.22. The molecule has 1 fully saturated rings. The molecule has 0 saturated carbocycles. The van der Waals surface area contributed by atoms with Crippen molar-refractivity contribution in [3.05, 3.63) is 65.2 Å². The van der Waals surface area contributed by atoms with Crippen molar-refractivity contribution in [2.45, 2.75) is 0 Å². The molecule has 0 N–H and O–H groups in total. The Hall–Kier alpha value is -2.04. The number of ether oxygens (including phenoxy) is 1. The maximum absolute atomic E-state index is 12.4. The number of amides is 1. The number of carbonyl (C=O) groups is 1. The number of nitrogens with zero attached hydrogens (tertiary/aromatic N) is 2. The summed E-state index contributed by atoms with van der Waals surface area (Å²) in [5.41, 5.74) is 0.757. The van der Waals surface area contributed by atoms with E-state index in [9.17, 15) is 4.79 Å². The summed E-state index contributed by atoms with van der Waals surface area (Å²) in [5, 5.41) is 0.635. The molecule has 5 heteroatoms. The van der Waals surface area contributed by atoms with E-state index in [0.717, 1.165) is 44.0 Å². The lowest BCUT2D eigenvalue weighted by atomic mass is 10.2. The first-order valence-electron chi connectivity index (χ1n) is 8.18. The fourth-order valence-electron chi connectivity index (χ4n) is 2.78. The van der Waals surface area contributed by atoms with Crippen molar-refractivity contribution < 1.29 is 9.53 Å². The molecule has 0 unspecified atom stereocenters. The second kappa shape index (κ2) is 8.18. The van der Waals surface area contributed by atoms with E-state index in [0.29, 0.717) is 11.6 Å². The van der Waals surface area contributed by atoms with Crippen LogP contribution in [0.25, 0.3) is 0 Å². The smallest absolute Gasteiger partial charge is 0.253 e. The predicted molar refractivity (Wildman–Crippen MR) is 95.7 cm³/mol. The Morgan fingerprint density at radius 3 is 2.33 bits per heavy atom. The van der Waals surface area contributed by atoms with Crippen molar-refractivity contribution in [3.63, 3.8) is 0 Å². The third-order valence-corrected chi connectivity index (χ3v) is 4.49. The normalized spacial score (nSPS) is 15.3. The molecule has 126 valence electrons. The Morgan fingerprint density at radius 2 is 1.62 bits per heavy atom. The Kier molecular flexibility index (Phi) is 5.72. The summed E-state index contributed by atoms with van der Waals surface area (Å²) in [5.74, 6) is 0.833. The largest absolute Gasteiger partial charge is 0.491 e. The van der Waals surface area contributed by atoms with Crippen molar-refractivity contribution in [3.8, 4) is 5.75 Å². The molecule has 1 amide bonds. The van der Waals surface area contributed by atoms with Gasteiger partial charge in [0.15, 0.2) is 0 Å². The molecule has 0 radical (unpaired) electrons. The number of rotatable bonds is 5. The number of piperazine rings is 1. The molecule has 4 nitrogen and oxygen atoms in total. The molecule has 3 rings (SSSR count). The number of carbonyl (C=O) groups excluding carboxylic acids is 1. The van der Waals surface area contributed by atoms with Crippen molar-refractivity contribution >= 4 is 17.5 Å². The van der Waals surface area contributed by atoms with Crippen LogP contribution in [0.15, 0.2) is 54.6 Å². The van der Waals surface area contributed by atoms with Crippen LogP contribution in [-0.2, 0) is 0 Å². The maximum atomic E-state index is 12.4. The van der Waals surface area contributed by atoms with Gasteiger partial charge in [-0.1, -0.05) is 41.9 Å².